The number of alkyl carbamates (subject to hydrolysis) is 1. The summed E-state index contributed by atoms with van der Waals surface area (Å²) < 4.78 is 7.56. The highest BCUT2D eigenvalue weighted by Crippen LogP contribution is 2.45. The van der Waals surface area contributed by atoms with E-state index in [1.165, 1.54) is 0 Å². The number of amides is 1. The van der Waals surface area contributed by atoms with Gasteiger partial charge in [-0.1, -0.05) is 0 Å². The second-order valence-electron chi connectivity index (χ2n) is 7.30. The molecule has 7 nitrogen and oxygen atoms in total. The van der Waals surface area contributed by atoms with E-state index in [9.17, 15) is 9.90 Å². The molecule has 1 aromatic heterocycles. The number of imidazole rings is 1. The smallest absolute Gasteiger partial charge is 0.407 e. The van der Waals surface area contributed by atoms with Gasteiger partial charge in [-0.3, -0.25) is 0 Å². The molecule has 2 aromatic rings. The molecule has 0 bridgehead atoms. The molecule has 25 heavy (non-hydrogen) atoms. The lowest BCUT2D eigenvalue weighted by molar-refractivity contribution is -0.0542. The van der Waals surface area contributed by atoms with Gasteiger partial charge in [-0.15, -0.1) is 0 Å². The van der Waals surface area contributed by atoms with Crippen molar-refractivity contribution in [1.29, 1.82) is 5.26 Å². The van der Waals surface area contributed by atoms with Crippen molar-refractivity contribution in [3.05, 3.63) is 30.1 Å². The first kappa shape index (κ1) is 15.9. The number of carbonyl (C=O) groups excluding carboxylic acids is 1. The molecule has 130 valence electrons. The molecule has 2 N–H and O–H groups in total. The van der Waals surface area contributed by atoms with Crippen molar-refractivity contribution in [3.63, 3.8) is 0 Å². The number of rotatable bonds is 3. The molecule has 2 fully saturated rings. The van der Waals surface area contributed by atoms with Crippen LogP contribution in [0.5, 0.6) is 0 Å². The number of fused-ring (bicyclic) bond motifs is 1. The van der Waals surface area contributed by atoms with Gasteiger partial charge in [-0.2, -0.15) is 5.26 Å². The summed E-state index contributed by atoms with van der Waals surface area (Å²) in [6.45, 7) is 1.09. The molecule has 7 heteroatoms. The Kier molecular flexibility index (Phi) is 3.65. The van der Waals surface area contributed by atoms with Gasteiger partial charge < -0.3 is 19.7 Å². The third-order valence-electron chi connectivity index (χ3n) is 5.49. The number of aliphatic hydroxyl groups is 1. The van der Waals surface area contributed by atoms with Crippen molar-refractivity contribution < 1.29 is 14.6 Å². The van der Waals surface area contributed by atoms with E-state index in [2.05, 4.69) is 16.4 Å². The first-order valence-corrected chi connectivity index (χ1v) is 8.50. The highest BCUT2D eigenvalue weighted by molar-refractivity contribution is 5.77. The molecule has 1 aliphatic carbocycles. The van der Waals surface area contributed by atoms with E-state index in [4.69, 9.17) is 10.00 Å². The van der Waals surface area contributed by atoms with Crippen LogP contribution in [0.25, 0.3) is 11.0 Å². The molecule has 1 aromatic carbocycles. The largest absolute Gasteiger partial charge is 0.441 e. The molecule has 1 aliphatic heterocycles. The van der Waals surface area contributed by atoms with Gasteiger partial charge in [-0.25, -0.2) is 9.78 Å². The minimum Gasteiger partial charge on any atom is -0.441 e. The zero-order valence-electron chi connectivity index (χ0n) is 13.9. The number of nitriles is 1. The maximum absolute atomic E-state index is 11.5. The van der Waals surface area contributed by atoms with E-state index in [1.807, 2.05) is 16.7 Å². The molecular weight excluding hydrogens is 320 g/mol. The number of hydrogen-bond donors (Lipinski definition) is 2. The molecule has 0 unspecified atom stereocenters. The lowest BCUT2D eigenvalue weighted by atomic mass is 9.67. The van der Waals surface area contributed by atoms with Crippen molar-refractivity contribution in [2.24, 2.45) is 5.41 Å². The zero-order chi connectivity index (χ0) is 17.5. The SMILES string of the molecule is N#Cc1ccc2ncn(C[C@@]3(CO)CCC[C@@]4(CNC(=O)O4)C3)c2c1. The normalized spacial score (nSPS) is 28.7. The first-order chi connectivity index (χ1) is 12.1. The van der Waals surface area contributed by atoms with Gasteiger partial charge in [0.2, 0.25) is 0 Å². The lowest BCUT2D eigenvalue weighted by Gasteiger charge is -2.44. The van der Waals surface area contributed by atoms with Crippen LogP contribution in [0.3, 0.4) is 0 Å². The monoisotopic (exact) mass is 340 g/mol. The van der Waals surface area contributed by atoms with Crippen molar-refractivity contribution in [2.75, 3.05) is 13.2 Å². The number of nitrogens with one attached hydrogen (secondary N) is 1. The predicted molar refractivity (Wildman–Crippen MR) is 89.6 cm³/mol. The third kappa shape index (κ3) is 2.72. The van der Waals surface area contributed by atoms with E-state index in [0.29, 0.717) is 25.1 Å². The number of aromatic nitrogens is 2. The third-order valence-corrected chi connectivity index (χ3v) is 5.49. The minimum atomic E-state index is -0.522. The van der Waals surface area contributed by atoms with E-state index in [-0.39, 0.29) is 18.1 Å². The molecule has 1 spiro atoms. The lowest BCUT2D eigenvalue weighted by Crippen LogP contribution is -2.47. The van der Waals surface area contributed by atoms with Gasteiger partial charge in [0.25, 0.3) is 0 Å². The van der Waals surface area contributed by atoms with E-state index >= 15 is 0 Å². The van der Waals surface area contributed by atoms with Gasteiger partial charge in [0.15, 0.2) is 0 Å². The van der Waals surface area contributed by atoms with Crippen LogP contribution in [-0.4, -0.2) is 39.5 Å². The number of aliphatic hydroxyl groups excluding tert-OH is 1. The molecule has 1 amide bonds. The van der Waals surface area contributed by atoms with Crippen LogP contribution in [0.1, 0.15) is 31.2 Å². The average molecular weight is 340 g/mol. The Morgan fingerprint density at radius 2 is 2.32 bits per heavy atom. The number of benzene rings is 1. The Hall–Kier alpha value is -2.59. The van der Waals surface area contributed by atoms with Gasteiger partial charge >= 0.3 is 6.09 Å². The summed E-state index contributed by atoms with van der Waals surface area (Å²) in [5.41, 5.74) is 1.40. The topological polar surface area (TPSA) is 100 Å². The van der Waals surface area contributed by atoms with Crippen molar-refractivity contribution >= 4 is 17.1 Å². The maximum Gasteiger partial charge on any atom is 0.407 e. The van der Waals surface area contributed by atoms with Crippen molar-refractivity contribution in [2.45, 2.75) is 37.8 Å². The molecule has 1 saturated carbocycles. The Balaban J connectivity index is 1.66. The standard InChI is InChI=1S/C18H20N4O3/c19-7-13-2-3-14-15(6-13)22(12-21-14)10-17(11-23)4-1-5-18(8-17)9-20-16(24)25-18/h2-3,6,12,23H,1,4-5,8-11H2,(H,20,24)/t17-,18+/m1/s1. The van der Waals surface area contributed by atoms with Crippen LogP contribution in [-0.2, 0) is 11.3 Å². The minimum absolute atomic E-state index is 0.0178. The second kappa shape index (κ2) is 5.74. The fourth-order valence-corrected chi connectivity index (χ4v) is 4.32. The maximum atomic E-state index is 11.5. The van der Waals surface area contributed by atoms with Crippen LogP contribution < -0.4 is 5.32 Å². The second-order valence-corrected chi connectivity index (χ2v) is 7.30. The van der Waals surface area contributed by atoms with E-state index in [1.54, 1.807) is 12.4 Å². The first-order valence-electron chi connectivity index (χ1n) is 8.50. The van der Waals surface area contributed by atoms with Gasteiger partial charge in [0.05, 0.1) is 42.1 Å². The Morgan fingerprint density at radius 3 is 3.04 bits per heavy atom. The predicted octanol–water partition coefficient (Wildman–Crippen LogP) is 1.94. The summed E-state index contributed by atoms with van der Waals surface area (Å²) in [7, 11) is 0. The van der Waals surface area contributed by atoms with E-state index in [0.717, 1.165) is 30.3 Å². The van der Waals surface area contributed by atoms with Gasteiger partial charge in [0, 0.05) is 12.0 Å². The Morgan fingerprint density at radius 1 is 1.44 bits per heavy atom. The fourth-order valence-electron chi connectivity index (χ4n) is 4.32. The molecule has 2 atom stereocenters. The average Bonchev–Trinajstić information content (AvgIpc) is 3.18. The summed E-state index contributed by atoms with van der Waals surface area (Å²) in [4.78, 5) is 15.9. The highest BCUT2D eigenvalue weighted by Gasteiger charge is 2.50. The number of ether oxygens (including phenoxy) is 1. The van der Waals surface area contributed by atoms with Gasteiger partial charge in [-0.05, 0) is 43.9 Å². The summed E-state index contributed by atoms with van der Waals surface area (Å²) in [6.07, 6.45) is 4.57. The van der Waals surface area contributed by atoms with E-state index < -0.39 is 5.60 Å². The van der Waals surface area contributed by atoms with Gasteiger partial charge in [0.1, 0.15) is 5.60 Å². The molecular formula is C18H20N4O3. The summed E-state index contributed by atoms with van der Waals surface area (Å²) in [5.74, 6) is 0. The summed E-state index contributed by atoms with van der Waals surface area (Å²) in [6, 6.07) is 7.56. The molecule has 2 heterocycles. The van der Waals surface area contributed by atoms with Crippen LogP contribution in [0.4, 0.5) is 4.79 Å². The molecule has 0 radical (unpaired) electrons. The quantitative estimate of drug-likeness (QED) is 0.889. The van der Waals surface area contributed by atoms with Crippen LogP contribution in [0.2, 0.25) is 0 Å². The number of carbonyl (C=O) groups is 1. The van der Waals surface area contributed by atoms with Crippen molar-refractivity contribution in [3.8, 4) is 6.07 Å². The van der Waals surface area contributed by atoms with Crippen LogP contribution in [0.15, 0.2) is 24.5 Å². The number of nitrogens with zero attached hydrogens (tertiary/aromatic N) is 3. The van der Waals surface area contributed by atoms with Crippen LogP contribution >= 0.6 is 0 Å². The summed E-state index contributed by atoms with van der Waals surface area (Å²) >= 11 is 0. The molecule has 1 saturated heterocycles. The number of hydrogen-bond acceptors (Lipinski definition) is 5. The summed E-state index contributed by atoms with van der Waals surface area (Å²) in [5, 5.41) is 22.1. The van der Waals surface area contributed by atoms with Crippen molar-refractivity contribution in [1.82, 2.24) is 14.9 Å². The zero-order valence-corrected chi connectivity index (χ0v) is 13.9. The Labute approximate surface area is 145 Å². The molecule has 2 aliphatic rings. The Bertz CT molecular complexity index is 871. The highest BCUT2D eigenvalue weighted by atomic mass is 16.6. The van der Waals surface area contributed by atoms with Crippen LogP contribution in [0, 0.1) is 16.7 Å². The fraction of sp³-hybridized carbons (Fsp3) is 0.500. The molecule has 4 rings (SSSR count).